The molecule has 0 radical (unpaired) electrons. The van der Waals surface area contributed by atoms with Gasteiger partial charge in [-0.2, -0.15) is 0 Å². The van der Waals surface area contributed by atoms with Crippen molar-refractivity contribution in [1.82, 2.24) is 5.32 Å². The summed E-state index contributed by atoms with van der Waals surface area (Å²) < 4.78 is 5.66. The molecular formula is C22H27N2O2+. The molecule has 2 N–H and O–H groups in total. The van der Waals surface area contributed by atoms with E-state index < -0.39 is 0 Å². The first kappa shape index (κ1) is 18.2. The van der Waals surface area contributed by atoms with Crippen LogP contribution in [0, 0.1) is 0 Å². The third-order valence-corrected chi connectivity index (χ3v) is 4.63. The first-order valence-electron chi connectivity index (χ1n) is 9.19. The van der Waals surface area contributed by atoms with Crippen LogP contribution in [0.4, 0.5) is 0 Å². The van der Waals surface area contributed by atoms with E-state index in [4.69, 9.17) is 4.42 Å². The fourth-order valence-corrected chi connectivity index (χ4v) is 3.25. The summed E-state index contributed by atoms with van der Waals surface area (Å²) in [5.74, 6) is 0.0161. The van der Waals surface area contributed by atoms with E-state index in [1.165, 1.54) is 10.5 Å². The minimum Gasteiger partial charge on any atom is -0.464 e. The molecule has 1 heterocycles. The van der Waals surface area contributed by atoms with E-state index in [0.717, 1.165) is 35.1 Å². The van der Waals surface area contributed by atoms with Crippen molar-refractivity contribution in [2.75, 3.05) is 20.6 Å². The molecule has 1 atom stereocenters. The highest BCUT2D eigenvalue weighted by Gasteiger charge is 2.19. The lowest BCUT2D eigenvalue weighted by Gasteiger charge is -2.20. The number of nitrogens with one attached hydrogen (secondary N) is 2. The Morgan fingerprint density at radius 1 is 1.15 bits per heavy atom. The van der Waals surface area contributed by atoms with E-state index in [-0.39, 0.29) is 11.9 Å². The van der Waals surface area contributed by atoms with Crippen molar-refractivity contribution in [1.29, 1.82) is 0 Å². The number of benzene rings is 2. The van der Waals surface area contributed by atoms with Gasteiger partial charge in [-0.25, -0.2) is 0 Å². The fraction of sp³-hybridized carbons (Fsp3) is 0.318. The molecule has 0 aliphatic heterocycles. The summed E-state index contributed by atoms with van der Waals surface area (Å²) >= 11 is 0. The summed E-state index contributed by atoms with van der Waals surface area (Å²) in [6.07, 6.45) is 3.00. The van der Waals surface area contributed by atoms with Gasteiger partial charge < -0.3 is 14.6 Å². The first-order chi connectivity index (χ1) is 12.6. The number of rotatable bonds is 7. The molecule has 2 aromatic carbocycles. The van der Waals surface area contributed by atoms with Gasteiger partial charge in [0.05, 0.1) is 26.8 Å². The van der Waals surface area contributed by atoms with Crippen molar-refractivity contribution in [3.05, 3.63) is 71.5 Å². The van der Waals surface area contributed by atoms with E-state index in [0.29, 0.717) is 6.42 Å². The zero-order valence-corrected chi connectivity index (χ0v) is 15.7. The smallest absolute Gasteiger partial charge is 0.225 e. The van der Waals surface area contributed by atoms with Gasteiger partial charge in [0, 0.05) is 10.9 Å². The molecule has 4 heteroatoms. The maximum Gasteiger partial charge on any atom is 0.225 e. The zero-order chi connectivity index (χ0) is 18.5. The summed E-state index contributed by atoms with van der Waals surface area (Å²) in [5, 5.41) is 4.21. The van der Waals surface area contributed by atoms with E-state index >= 15 is 0 Å². The lowest BCUT2D eigenvalue weighted by atomic mass is 10.0. The van der Waals surface area contributed by atoms with Crippen LogP contribution >= 0.6 is 0 Å². The molecule has 0 fully saturated rings. The first-order valence-corrected chi connectivity index (χ1v) is 9.19. The van der Waals surface area contributed by atoms with E-state index in [1.54, 1.807) is 6.26 Å². The molecule has 0 aliphatic rings. The Bertz CT molecular complexity index is 868. The van der Waals surface area contributed by atoms with Crippen molar-refractivity contribution in [3.8, 4) is 0 Å². The maximum atomic E-state index is 12.7. The Kier molecular flexibility index (Phi) is 5.74. The molecule has 136 valence electrons. The molecule has 0 saturated carbocycles. The number of furan rings is 1. The van der Waals surface area contributed by atoms with Crippen molar-refractivity contribution >= 4 is 16.9 Å². The average molecular weight is 351 g/mol. The zero-order valence-electron chi connectivity index (χ0n) is 15.7. The predicted octanol–water partition coefficient (Wildman–Crippen LogP) is 2.54. The van der Waals surface area contributed by atoms with Crippen LogP contribution in [0.25, 0.3) is 11.0 Å². The van der Waals surface area contributed by atoms with Gasteiger partial charge in [0.1, 0.15) is 18.2 Å². The minimum atomic E-state index is -0.00133. The van der Waals surface area contributed by atoms with Gasteiger partial charge in [-0.05, 0) is 23.6 Å². The number of fused-ring (bicyclic) bond motifs is 1. The van der Waals surface area contributed by atoms with Crippen LogP contribution in [0.2, 0.25) is 0 Å². The largest absolute Gasteiger partial charge is 0.464 e. The topological polar surface area (TPSA) is 46.7 Å². The maximum absolute atomic E-state index is 12.7. The van der Waals surface area contributed by atoms with Crippen LogP contribution in [-0.4, -0.2) is 26.5 Å². The van der Waals surface area contributed by atoms with E-state index in [9.17, 15) is 4.79 Å². The SMILES string of the molecule is CCc1ccc2c(CC(=O)N[C@@H](C[NH+](C)C)c3ccccc3)coc2c1. The quantitative estimate of drug-likeness (QED) is 0.687. The highest BCUT2D eigenvalue weighted by Crippen LogP contribution is 2.23. The van der Waals surface area contributed by atoms with Crippen LogP contribution in [0.5, 0.6) is 0 Å². The summed E-state index contributed by atoms with van der Waals surface area (Å²) in [6, 6.07) is 16.3. The number of carbonyl (C=O) groups is 1. The lowest BCUT2D eigenvalue weighted by molar-refractivity contribution is -0.860. The number of likely N-dealkylation sites (N-methyl/N-ethyl adjacent to an activating group) is 1. The van der Waals surface area contributed by atoms with Crippen LogP contribution in [0.3, 0.4) is 0 Å². The van der Waals surface area contributed by atoms with Crippen LogP contribution in [0.15, 0.2) is 59.2 Å². The van der Waals surface area contributed by atoms with Gasteiger partial charge in [-0.3, -0.25) is 4.79 Å². The Labute approximate surface area is 154 Å². The number of quaternary nitrogens is 1. The molecule has 0 bridgehead atoms. The van der Waals surface area contributed by atoms with Crippen LogP contribution < -0.4 is 10.2 Å². The van der Waals surface area contributed by atoms with Crippen molar-refractivity contribution in [3.63, 3.8) is 0 Å². The standard InChI is InChI=1S/C22H26N2O2/c1-4-16-10-11-19-18(15-26-21(19)12-16)13-22(25)23-20(14-24(2)3)17-8-6-5-7-9-17/h5-12,15,20H,4,13-14H2,1-3H3,(H,23,25)/p+1/t20-/m0/s1. The molecule has 3 rings (SSSR count). The monoisotopic (exact) mass is 351 g/mol. The summed E-state index contributed by atoms with van der Waals surface area (Å²) in [7, 11) is 4.19. The number of hydrogen-bond acceptors (Lipinski definition) is 2. The average Bonchev–Trinajstić information content (AvgIpc) is 3.03. The molecular weight excluding hydrogens is 324 g/mol. The Hall–Kier alpha value is -2.59. The van der Waals surface area contributed by atoms with Gasteiger partial charge in [-0.1, -0.05) is 49.4 Å². The van der Waals surface area contributed by atoms with E-state index in [2.05, 4.69) is 56.7 Å². The number of aryl methyl sites for hydroxylation is 1. The lowest BCUT2D eigenvalue weighted by Crippen LogP contribution is -3.06. The summed E-state index contributed by atoms with van der Waals surface area (Å²) in [4.78, 5) is 14.0. The highest BCUT2D eigenvalue weighted by atomic mass is 16.3. The highest BCUT2D eigenvalue weighted by molar-refractivity contribution is 5.88. The molecule has 26 heavy (non-hydrogen) atoms. The second kappa shape index (κ2) is 8.19. The minimum absolute atomic E-state index is 0.00133. The second-order valence-corrected chi connectivity index (χ2v) is 7.06. The number of carbonyl (C=O) groups excluding carboxylic acids is 1. The normalized spacial score (nSPS) is 12.5. The Balaban J connectivity index is 1.74. The summed E-state index contributed by atoms with van der Waals surface area (Å²) in [6.45, 7) is 2.96. The molecule has 0 saturated heterocycles. The molecule has 0 unspecified atom stereocenters. The van der Waals surface area contributed by atoms with Gasteiger partial charge >= 0.3 is 0 Å². The van der Waals surface area contributed by atoms with E-state index in [1.807, 2.05) is 18.2 Å². The molecule has 3 aromatic rings. The van der Waals surface area contributed by atoms with Gasteiger partial charge in [0.2, 0.25) is 5.91 Å². The van der Waals surface area contributed by atoms with Gasteiger partial charge in [-0.15, -0.1) is 0 Å². The van der Waals surface area contributed by atoms with Crippen molar-refractivity contribution in [2.24, 2.45) is 0 Å². The third-order valence-electron chi connectivity index (χ3n) is 4.63. The molecule has 4 nitrogen and oxygen atoms in total. The van der Waals surface area contributed by atoms with Gasteiger partial charge in [0.25, 0.3) is 0 Å². The molecule has 0 aliphatic carbocycles. The van der Waals surface area contributed by atoms with Gasteiger partial charge in [0.15, 0.2) is 0 Å². The predicted molar refractivity (Wildman–Crippen MR) is 104 cm³/mol. The molecule has 0 spiro atoms. The van der Waals surface area contributed by atoms with Crippen molar-refractivity contribution < 1.29 is 14.1 Å². The Morgan fingerprint density at radius 2 is 1.92 bits per heavy atom. The number of hydrogen-bond donors (Lipinski definition) is 2. The summed E-state index contributed by atoms with van der Waals surface area (Å²) in [5.41, 5.74) is 4.15. The van der Waals surface area contributed by atoms with Crippen LogP contribution in [0.1, 0.15) is 29.7 Å². The van der Waals surface area contributed by atoms with Crippen molar-refractivity contribution in [2.45, 2.75) is 25.8 Å². The van der Waals surface area contributed by atoms with Crippen LogP contribution in [-0.2, 0) is 17.6 Å². The third kappa shape index (κ3) is 4.33. The molecule has 1 amide bonds. The Morgan fingerprint density at radius 3 is 2.62 bits per heavy atom. The second-order valence-electron chi connectivity index (χ2n) is 7.06. The fourth-order valence-electron chi connectivity index (χ4n) is 3.25. The molecule has 1 aromatic heterocycles. The number of amides is 1.